The highest BCUT2D eigenvalue weighted by molar-refractivity contribution is 7.13. The van der Waals surface area contributed by atoms with E-state index in [9.17, 15) is 19.7 Å². The van der Waals surface area contributed by atoms with E-state index in [1.807, 2.05) is 6.92 Å². The molecule has 1 heterocycles. The molecule has 1 N–H and O–H groups in total. The second-order valence-electron chi connectivity index (χ2n) is 5.58. The highest BCUT2D eigenvalue weighted by Crippen LogP contribution is 2.24. The molecular formula is C17H19ClN4O5S. The van der Waals surface area contributed by atoms with Crippen LogP contribution in [0.15, 0.2) is 29.8 Å². The Bertz CT molecular complexity index is 831. The van der Waals surface area contributed by atoms with Gasteiger partial charge in [-0.1, -0.05) is 11.6 Å². The largest absolute Gasteiger partial charge is 0.382 e. The van der Waals surface area contributed by atoms with Crippen molar-refractivity contribution in [1.82, 2.24) is 9.88 Å². The molecule has 0 saturated heterocycles. The number of nitro benzene ring substituents is 1. The van der Waals surface area contributed by atoms with Gasteiger partial charge < -0.3 is 15.0 Å². The Kier molecular flexibility index (Phi) is 8.30. The van der Waals surface area contributed by atoms with Gasteiger partial charge in [0.15, 0.2) is 5.13 Å². The van der Waals surface area contributed by atoms with Gasteiger partial charge >= 0.3 is 0 Å². The Morgan fingerprint density at radius 2 is 2.21 bits per heavy atom. The van der Waals surface area contributed by atoms with Gasteiger partial charge in [0.1, 0.15) is 6.54 Å². The number of halogens is 1. The van der Waals surface area contributed by atoms with Crippen molar-refractivity contribution in [3.05, 3.63) is 50.5 Å². The summed E-state index contributed by atoms with van der Waals surface area (Å²) in [4.78, 5) is 40.7. The number of nitro groups is 1. The Balaban J connectivity index is 2.13. The van der Waals surface area contributed by atoms with Crippen molar-refractivity contribution in [2.45, 2.75) is 13.3 Å². The molecule has 11 heteroatoms. The lowest BCUT2D eigenvalue weighted by Crippen LogP contribution is -2.39. The van der Waals surface area contributed by atoms with Crippen molar-refractivity contribution in [1.29, 1.82) is 0 Å². The number of hydrogen-bond donors (Lipinski definition) is 1. The first-order valence-electron chi connectivity index (χ1n) is 8.42. The van der Waals surface area contributed by atoms with Gasteiger partial charge in [0.05, 0.1) is 15.5 Å². The Hall–Kier alpha value is -2.56. The highest BCUT2D eigenvalue weighted by Gasteiger charge is 2.22. The van der Waals surface area contributed by atoms with E-state index in [0.717, 1.165) is 6.07 Å². The molecule has 0 aliphatic carbocycles. The zero-order chi connectivity index (χ0) is 20.5. The third kappa shape index (κ3) is 6.25. The molecule has 0 radical (unpaired) electrons. The fourth-order valence-corrected chi connectivity index (χ4v) is 3.13. The molecule has 0 fully saturated rings. The van der Waals surface area contributed by atoms with E-state index in [4.69, 9.17) is 16.3 Å². The van der Waals surface area contributed by atoms with E-state index in [0.29, 0.717) is 24.8 Å². The number of carbonyl (C=O) groups is 2. The van der Waals surface area contributed by atoms with Crippen molar-refractivity contribution < 1.29 is 19.2 Å². The number of rotatable bonds is 10. The number of carbonyl (C=O) groups excluding carboxylic acids is 2. The summed E-state index contributed by atoms with van der Waals surface area (Å²) in [6, 6.07) is 3.60. The molecule has 0 atom stereocenters. The van der Waals surface area contributed by atoms with Gasteiger partial charge in [-0.25, -0.2) is 4.98 Å². The number of ether oxygens (including phenoxy) is 1. The van der Waals surface area contributed by atoms with Crippen LogP contribution >= 0.6 is 22.9 Å². The number of nitrogens with zero attached hydrogens (tertiary/aromatic N) is 3. The van der Waals surface area contributed by atoms with Gasteiger partial charge in [-0.2, -0.15) is 0 Å². The van der Waals surface area contributed by atoms with E-state index in [-0.39, 0.29) is 29.4 Å². The summed E-state index contributed by atoms with van der Waals surface area (Å²) in [6.45, 7) is 2.89. The van der Waals surface area contributed by atoms with Crippen LogP contribution in [0.1, 0.15) is 23.7 Å². The Morgan fingerprint density at radius 1 is 1.43 bits per heavy atom. The molecule has 0 saturated carbocycles. The summed E-state index contributed by atoms with van der Waals surface area (Å²) >= 11 is 7.33. The maximum absolute atomic E-state index is 12.9. The fourth-order valence-electron chi connectivity index (χ4n) is 2.33. The summed E-state index contributed by atoms with van der Waals surface area (Å²) in [6.07, 6.45) is 2.08. The number of benzene rings is 1. The Morgan fingerprint density at radius 3 is 2.82 bits per heavy atom. The molecule has 2 aromatic rings. The topological polar surface area (TPSA) is 115 Å². The van der Waals surface area contributed by atoms with Gasteiger partial charge in [-0.3, -0.25) is 19.7 Å². The minimum atomic E-state index is -0.596. The van der Waals surface area contributed by atoms with Crippen molar-refractivity contribution in [2.75, 3.05) is 31.6 Å². The maximum Gasteiger partial charge on any atom is 0.270 e. The van der Waals surface area contributed by atoms with Crippen molar-refractivity contribution in [2.24, 2.45) is 0 Å². The summed E-state index contributed by atoms with van der Waals surface area (Å²) in [5.74, 6) is -0.900. The quantitative estimate of drug-likeness (QED) is 0.354. The molecule has 0 unspecified atom stereocenters. The standard InChI is InChI=1S/C17H19ClN4O5S/c1-2-27-8-3-7-21(11-15(23)20-17-19-6-9-28-17)16(24)13-5-4-12(22(25)26)10-14(13)18/h4-6,9-10H,2-3,7-8,11H2,1H3,(H,19,20,23). The lowest BCUT2D eigenvalue weighted by molar-refractivity contribution is -0.384. The average molecular weight is 427 g/mol. The number of anilines is 1. The summed E-state index contributed by atoms with van der Waals surface area (Å²) < 4.78 is 5.28. The first kappa shape index (κ1) is 21.7. The molecule has 2 rings (SSSR count). The lowest BCUT2D eigenvalue weighted by Gasteiger charge is -2.22. The predicted molar refractivity (Wildman–Crippen MR) is 106 cm³/mol. The molecule has 9 nitrogen and oxygen atoms in total. The number of hydrogen-bond acceptors (Lipinski definition) is 7. The third-order valence-corrected chi connectivity index (χ3v) is 4.62. The number of thiazole rings is 1. The molecule has 150 valence electrons. The molecule has 2 amide bonds. The number of amides is 2. The molecule has 0 bridgehead atoms. The van der Waals surface area contributed by atoms with E-state index >= 15 is 0 Å². The molecule has 28 heavy (non-hydrogen) atoms. The second kappa shape index (κ2) is 10.7. The number of nitrogens with one attached hydrogen (secondary N) is 1. The predicted octanol–water partition coefficient (Wildman–Crippen LogP) is 3.21. The summed E-state index contributed by atoms with van der Waals surface area (Å²) in [5.41, 5.74) is -0.128. The van der Waals surface area contributed by atoms with Crippen LogP contribution in [-0.4, -0.2) is 52.9 Å². The molecule has 0 aliphatic heterocycles. The van der Waals surface area contributed by atoms with Crippen LogP contribution in [-0.2, 0) is 9.53 Å². The maximum atomic E-state index is 12.9. The average Bonchev–Trinajstić information content (AvgIpc) is 3.16. The van der Waals surface area contributed by atoms with Crippen LogP contribution in [0.3, 0.4) is 0 Å². The normalized spacial score (nSPS) is 10.5. The van der Waals surface area contributed by atoms with Gasteiger partial charge in [0, 0.05) is 43.5 Å². The first-order valence-corrected chi connectivity index (χ1v) is 9.68. The fraction of sp³-hybridized carbons (Fsp3) is 0.353. The summed E-state index contributed by atoms with van der Waals surface area (Å²) in [5, 5.41) is 15.6. The van der Waals surface area contributed by atoms with E-state index in [2.05, 4.69) is 10.3 Å². The van der Waals surface area contributed by atoms with Gasteiger partial charge in [-0.05, 0) is 19.4 Å². The third-order valence-electron chi connectivity index (χ3n) is 3.62. The van der Waals surface area contributed by atoms with Crippen LogP contribution in [0.5, 0.6) is 0 Å². The van der Waals surface area contributed by atoms with E-state index in [1.54, 1.807) is 11.6 Å². The van der Waals surface area contributed by atoms with Gasteiger partial charge in [0.25, 0.3) is 11.6 Å². The van der Waals surface area contributed by atoms with Crippen LogP contribution in [0.2, 0.25) is 5.02 Å². The molecule has 0 aliphatic rings. The Labute approximate surface area is 170 Å². The van der Waals surface area contributed by atoms with Crippen molar-refractivity contribution in [3.63, 3.8) is 0 Å². The first-order chi connectivity index (χ1) is 13.4. The number of non-ortho nitro benzene ring substituents is 1. The minimum absolute atomic E-state index is 0.0469. The van der Waals surface area contributed by atoms with E-state index < -0.39 is 16.7 Å². The molecule has 1 aromatic carbocycles. The van der Waals surface area contributed by atoms with Crippen LogP contribution < -0.4 is 5.32 Å². The van der Waals surface area contributed by atoms with Crippen LogP contribution in [0.4, 0.5) is 10.8 Å². The monoisotopic (exact) mass is 426 g/mol. The highest BCUT2D eigenvalue weighted by atomic mass is 35.5. The lowest BCUT2D eigenvalue weighted by atomic mass is 10.1. The van der Waals surface area contributed by atoms with Gasteiger partial charge in [0.2, 0.25) is 5.91 Å². The summed E-state index contributed by atoms with van der Waals surface area (Å²) in [7, 11) is 0. The van der Waals surface area contributed by atoms with Crippen molar-refractivity contribution >= 4 is 45.6 Å². The van der Waals surface area contributed by atoms with Crippen LogP contribution in [0, 0.1) is 10.1 Å². The zero-order valence-corrected chi connectivity index (χ0v) is 16.7. The molecule has 0 spiro atoms. The van der Waals surface area contributed by atoms with Gasteiger partial charge in [-0.15, -0.1) is 11.3 Å². The number of aromatic nitrogens is 1. The SMILES string of the molecule is CCOCCCN(CC(=O)Nc1nccs1)C(=O)c1ccc([N+](=O)[O-])cc1Cl. The minimum Gasteiger partial charge on any atom is -0.382 e. The smallest absolute Gasteiger partial charge is 0.270 e. The van der Waals surface area contributed by atoms with E-state index in [1.165, 1.54) is 28.4 Å². The molecule has 1 aromatic heterocycles. The second-order valence-corrected chi connectivity index (χ2v) is 6.89. The molecular weight excluding hydrogens is 408 g/mol. The van der Waals surface area contributed by atoms with Crippen LogP contribution in [0.25, 0.3) is 0 Å². The zero-order valence-electron chi connectivity index (χ0n) is 15.1. The van der Waals surface area contributed by atoms with Crippen molar-refractivity contribution in [3.8, 4) is 0 Å².